The molecule has 0 amide bonds. The van der Waals surface area contributed by atoms with E-state index in [-0.39, 0.29) is 0 Å². The second-order valence-corrected chi connectivity index (χ2v) is 9.58. The molecule has 1 aliphatic carbocycles. The number of aliphatic imine (C=N–C) groups is 1. The van der Waals surface area contributed by atoms with Gasteiger partial charge in [0.25, 0.3) is 0 Å². The Hall–Kier alpha value is -1.92. The van der Waals surface area contributed by atoms with Crippen molar-refractivity contribution in [1.29, 1.82) is 0 Å². The van der Waals surface area contributed by atoms with Crippen LogP contribution in [0.15, 0.2) is 77.0 Å². The Morgan fingerprint density at radius 1 is 0.962 bits per heavy atom. The molecule has 2 atom stereocenters. The quantitative estimate of drug-likeness (QED) is 0.695. The van der Waals surface area contributed by atoms with Crippen LogP contribution >= 0.6 is 7.92 Å². The molecular weight excluding hydrogens is 337 g/mol. The summed E-state index contributed by atoms with van der Waals surface area (Å²) in [5.74, 6) is 1.85. The van der Waals surface area contributed by atoms with E-state index in [9.17, 15) is 0 Å². The van der Waals surface area contributed by atoms with Crippen LogP contribution in [0.1, 0.15) is 26.7 Å². The van der Waals surface area contributed by atoms with Gasteiger partial charge in [0.15, 0.2) is 5.90 Å². The highest BCUT2D eigenvalue weighted by Crippen LogP contribution is 2.51. The van der Waals surface area contributed by atoms with E-state index in [0.717, 1.165) is 25.3 Å². The second kappa shape index (κ2) is 7.76. The maximum Gasteiger partial charge on any atom is 0.191 e. The lowest BCUT2D eigenvalue weighted by atomic mass is 10.1. The van der Waals surface area contributed by atoms with E-state index in [1.54, 1.807) is 0 Å². The Morgan fingerprint density at radius 2 is 1.58 bits per heavy atom. The SMILES string of the molecule is CC(C)[C@H]1COC([C@@H]2CCC=C2P(c2ccccc2)c2ccccc2)=N1. The van der Waals surface area contributed by atoms with E-state index in [0.29, 0.717) is 17.9 Å². The zero-order valence-corrected chi connectivity index (χ0v) is 16.4. The van der Waals surface area contributed by atoms with Crippen LogP contribution in [0, 0.1) is 11.8 Å². The van der Waals surface area contributed by atoms with Gasteiger partial charge in [-0.1, -0.05) is 80.6 Å². The fourth-order valence-electron chi connectivity index (χ4n) is 3.73. The Labute approximate surface area is 157 Å². The second-order valence-electron chi connectivity index (χ2n) is 7.36. The molecule has 0 radical (unpaired) electrons. The number of allylic oxidation sites excluding steroid dienone is 1. The van der Waals surface area contributed by atoms with Gasteiger partial charge in [0.05, 0.1) is 12.0 Å². The van der Waals surface area contributed by atoms with Crippen molar-refractivity contribution >= 4 is 24.4 Å². The van der Waals surface area contributed by atoms with Gasteiger partial charge in [-0.15, -0.1) is 0 Å². The molecule has 0 saturated heterocycles. The van der Waals surface area contributed by atoms with E-state index >= 15 is 0 Å². The van der Waals surface area contributed by atoms with Gasteiger partial charge in [0.1, 0.15) is 6.61 Å². The molecule has 26 heavy (non-hydrogen) atoms. The van der Waals surface area contributed by atoms with Gasteiger partial charge in [-0.2, -0.15) is 0 Å². The normalized spacial score (nSPS) is 22.5. The summed E-state index contributed by atoms with van der Waals surface area (Å²) in [6, 6.07) is 22.2. The third kappa shape index (κ3) is 3.48. The number of rotatable bonds is 5. The average molecular weight is 363 g/mol. The highest BCUT2D eigenvalue weighted by atomic mass is 31.1. The lowest BCUT2D eigenvalue weighted by Crippen LogP contribution is -2.20. The van der Waals surface area contributed by atoms with Crippen LogP contribution in [-0.2, 0) is 4.74 Å². The molecule has 3 heteroatoms. The summed E-state index contributed by atoms with van der Waals surface area (Å²) in [7, 11) is -0.537. The van der Waals surface area contributed by atoms with Gasteiger partial charge in [-0.25, -0.2) is 4.99 Å². The summed E-state index contributed by atoms with van der Waals surface area (Å²) in [5, 5.41) is 4.33. The maximum absolute atomic E-state index is 6.08. The summed E-state index contributed by atoms with van der Waals surface area (Å²) in [4.78, 5) is 4.95. The molecule has 2 aromatic rings. The van der Waals surface area contributed by atoms with Crippen LogP contribution in [0.4, 0.5) is 0 Å². The van der Waals surface area contributed by atoms with E-state index in [4.69, 9.17) is 9.73 Å². The van der Waals surface area contributed by atoms with E-state index in [1.807, 2.05) is 0 Å². The predicted molar refractivity (Wildman–Crippen MR) is 112 cm³/mol. The molecule has 0 unspecified atom stereocenters. The highest BCUT2D eigenvalue weighted by molar-refractivity contribution is 7.76. The Kier molecular flexibility index (Phi) is 5.22. The van der Waals surface area contributed by atoms with Crippen LogP contribution < -0.4 is 10.6 Å². The predicted octanol–water partition coefficient (Wildman–Crippen LogP) is 4.87. The molecule has 134 valence electrons. The third-order valence-electron chi connectivity index (χ3n) is 5.22. The first kappa shape index (κ1) is 17.5. The topological polar surface area (TPSA) is 21.6 Å². The van der Waals surface area contributed by atoms with Crippen molar-refractivity contribution in [2.75, 3.05) is 6.61 Å². The van der Waals surface area contributed by atoms with Gasteiger partial charge in [-0.3, -0.25) is 0 Å². The summed E-state index contributed by atoms with van der Waals surface area (Å²) < 4.78 is 6.08. The minimum atomic E-state index is -0.537. The summed E-state index contributed by atoms with van der Waals surface area (Å²) >= 11 is 0. The van der Waals surface area contributed by atoms with Gasteiger partial charge < -0.3 is 4.74 Å². The third-order valence-corrected chi connectivity index (χ3v) is 7.86. The van der Waals surface area contributed by atoms with Crippen LogP contribution in [0.25, 0.3) is 0 Å². The van der Waals surface area contributed by atoms with Crippen molar-refractivity contribution in [1.82, 2.24) is 0 Å². The van der Waals surface area contributed by atoms with Gasteiger partial charge in [-0.05, 0) is 42.6 Å². The lowest BCUT2D eigenvalue weighted by molar-refractivity contribution is 0.280. The molecule has 2 nitrogen and oxygen atoms in total. The zero-order valence-electron chi connectivity index (χ0n) is 15.5. The van der Waals surface area contributed by atoms with Gasteiger partial charge in [0, 0.05) is 0 Å². The molecule has 0 saturated carbocycles. The van der Waals surface area contributed by atoms with Gasteiger partial charge >= 0.3 is 0 Å². The van der Waals surface area contributed by atoms with E-state index < -0.39 is 7.92 Å². The molecule has 0 aromatic heterocycles. The lowest BCUT2D eigenvalue weighted by Gasteiger charge is -2.25. The monoisotopic (exact) mass is 363 g/mol. The van der Waals surface area contributed by atoms with Crippen LogP contribution in [0.3, 0.4) is 0 Å². The van der Waals surface area contributed by atoms with Crippen LogP contribution in [0.2, 0.25) is 0 Å². The molecule has 1 aliphatic heterocycles. The number of hydrogen-bond acceptors (Lipinski definition) is 2. The molecule has 0 fully saturated rings. The smallest absolute Gasteiger partial charge is 0.191 e. The molecule has 2 aromatic carbocycles. The van der Waals surface area contributed by atoms with Crippen LogP contribution in [0.5, 0.6) is 0 Å². The maximum atomic E-state index is 6.08. The molecular formula is C23H26NOP. The van der Waals surface area contributed by atoms with Crippen LogP contribution in [-0.4, -0.2) is 18.5 Å². The number of benzene rings is 2. The first-order valence-electron chi connectivity index (χ1n) is 9.55. The summed E-state index contributed by atoms with van der Waals surface area (Å²) in [5.41, 5.74) is 0. The van der Waals surface area contributed by atoms with Crippen molar-refractivity contribution in [2.45, 2.75) is 32.7 Å². The zero-order chi connectivity index (χ0) is 17.9. The molecule has 0 spiro atoms. The average Bonchev–Trinajstić information content (AvgIpc) is 3.33. The largest absolute Gasteiger partial charge is 0.478 e. The molecule has 0 bridgehead atoms. The molecule has 0 N–H and O–H groups in total. The Morgan fingerprint density at radius 3 is 2.12 bits per heavy atom. The fraction of sp³-hybridized carbons (Fsp3) is 0.348. The van der Waals surface area contributed by atoms with E-state index in [1.165, 1.54) is 15.9 Å². The standard InChI is InChI=1S/C23H26NOP/c1-17(2)21-16-25-23(24-21)20-14-9-15-22(20)26(18-10-5-3-6-11-18)19-12-7-4-8-13-19/h3-8,10-13,15,17,20-21H,9,14,16H2,1-2H3/t20-,21-/m1/s1. The Balaban J connectivity index is 1.71. The highest BCUT2D eigenvalue weighted by Gasteiger charge is 2.35. The van der Waals surface area contributed by atoms with Gasteiger partial charge in [0.2, 0.25) is 0 Å². The first-order chi connectivity index (χ1) is 12.7. The summed E-state index contributed by atoms with van der Waals surface area (Å²) in [6.45, 7) is 5.20. The number of nitrogens with zero attached hydrogens (tertiary/aromatic N) is 1. The molecule has 4 rings (SSSR count). The number of hydrogen-bond donors (Lipinski definition) is 0. The van der Waals surface area contributed by atoms with Crippen molar-refractivity contribution in [3.63, 3.8) is 0 Å². The van der Waals surface area contributed by atoms with Crippen molar-refractivity contribution in [3.8, 4) is 0 Å². The first-order valence-corrected chi connectivity index (χ1v) is 10.9. The minimum Gasteiger partial charge on any atom is -0.478 e. The Bertz CT molecular complexity index is 758. The van der Waals surface area contributed by atoms with Crippen molar-refractivity contribution < 1.29 is 4.74 Å². The number of ether oxygens (including phenoxy) is 1. The minimum absolute atomic E-state index is 0.312. The molecule has 1 heterocycles. The van der Waals surface area contributed by atoms with Crippen molar-refractivity contribution in [3.05, 3.63) is 72.1 Å². The fourth-order valence-corrected chi connectivity index (χ4v) is 6.43. The molecule has 2 aliphatic rings. The summed E-state index contributed by atoms with van der Waals surface area (Å²) in [6.07, 6.45) is 4.69. The van der Waals surface area contributed by atoms with E-state index in [2.05, 4.69) is 80.6 Å². The van der Waals surface area contributed by atoms with Crippen molar-refractivity contribution in [2.24, 2.45) is 16.8 Å².